The van der Waals surface area contributed by atoms with Crippen LogP contribution in [0.15, 0.2) is 23.0 Å². The number of aliphatic hydroxyl groups is 1. The van der Waals surface area contributed by atoms with Crippen LogP contribution in [-0.2, 0) is 10.3 Å². The molecule has 0 aliphatic carbocycles. The van der Waals surface area contributed by atoms with Gasteiger partial charge in [-0.15, -0.1) is 0 Å². The first kappa shape index (κ1) is 11.2. The van der Waals surface area contributed by atoms with E-state index < -0.39 is 5.60 Å². The van der Waals surface area contributed by atoms with E-state index in [9.17, 15) is 5.11 Å². The van der Waals surface area contributed by atoms with Crippen molar-refractivity contribution in [3.05, 3.63) is 24.2 Å². The lowest BCUT2D eigenvalue weighted by Crippen LogP contribution is -2.36. The number of rotatable bonds is 6. The maximum Gasteiger partial charge on any atom is 0.102 e. The van der Waals surface area contributed by atoms with Crippen LogP contribution in [0.1, 0.15) is 12.5 Å². The molecule has 1 aromatic rings. The van der Waals surface area contributed by atoms with Gasteiger partial charge in [0.2, 0.25) is 0 Å². The standard InChI is InChI=1S/C10H17NO3/c1-10(12,8-11-4-6-13-2)9-3-5-14-7-9/h3,5,7,11-12H,4,6,8H2,1-2H3. The minimum Gasteiger partial charge on any atom is -0.472 e. The average molecular weight is 199 g/mol. The highest BCUT2D eigenvalue weighted by molar-refractivity contribution is 5.15. The van der Waals surface area contributed by atoms with E-state index in [0.29, 0.717) is 13.2 Å². The molecule has 0 saturated carbocycles. The van der Waals surface area contributed by atoms with Crippen molar-refractivity contribution in [2.24, 2.45) is 0 Å². The third-order valence-corrected chi connectivity index (χ3v) is 2.10. The van der Waals surface area contributed by atoms with Gasteiger partial charge in [-0.3, -0.25) is 0 Å². The third kappa shape index (κ3) is 3.14. The van der Waals surface area contributed by atoms with Gasteiger partial charge in [-0.1, -0.05) is 0 Å². The molecule has 1 unspecified atom stereocenters. The molecule has 1 rings (SSSR count). The fraction of sp³-hybridized carbons (Fsp3) is 0.600. The zero-order valence-electron chi connectivity index (χ0n) is 8.62. The number of ether oxygens (including phenoxy) is 1. The molecular weight excluding hydrogens is 182 g/mol. The molecule has 1 atom stereocenters. The highest BCUT2D eigenvalue weighted by Gasteiger charge is 2.23. The third-order valence-electron chi connectivity index (χ3n) is 2.10. The summed E-state index contributed by atoms with van der Waals surface area (Å²) in [5.74, 6) is 0. The summed E-state index contributed by atoms with van der Waals surface area (Å²) >= 11 is 0. The van der Waals surface area contributed by atoms with E-state index in [2.05, 4.69) is 5.32 Å². The Kier molecular flexibility index (Phi) is 4.13. The van der Waals surface area contributed by atoms with Crippen molar-refractivity contribution in [2.45, 2.75) is 12.5 Å². The molecule has 0 aromatic carbocycles. The van der Waals surface area contributed by atoms with Gasteiger partial charge in [-0.05, 0) is 13.0 Å². The normalized spacial score (nSPS) is 15.4. The molecule has 0 amide bonds. The summed E-state index contributed by atoms with van der Waals surface area (Å²) in [6, 6.07) is 1.76. The molecular formula is C10H17NO3. The second-order valence-corrected chi connectivity index (χ2v) is 3.46. The summed E-state index contributed by atoms with van der Waals surface area (Å²) in [6.45, 7) is 3.60. The van der Waals surface area contributed by atoms with Crippen LogP contribution >= 0.6 is 0 Å². The van der Waals surface area contributed by atoms with Crippen molar-refractivity contribution in [2.75, 3.05) is 26.8 Å². The number of nitrogens with one attached hydrogen (secondary N) is 1. The average Bonchev–Trinajstić information content (AvgIpc) is 2.65. The van der Waals surface area contributed by atoms with Gasteiger partial charge in [0.1, 0.15) is 5.60 Å². The maximum absolute atomic E-state index is 10.0. The lowest BCUT2D eigenvalue weighted by molar-refractivity contribution is 0.0544. The molecule has 0 aliphatic rings. The molecule has 4 heteroatoms. The van der Waals surface area contributed by atoms with Gasteiger partial charge in [0.05, 0.1) is 19.1 Å². The number of hydrogen-bond donors (Lipinski definition) is 2. The zero-order valence-corrected chi connectivity index (χ0v) is 8.62. The maximum atomic E-state index is 10.0. The van der Waals surface area contributed by atoms with Crippen molar-refractivity contribution in [1.82, 2.24) is 5.32 Å². The van der Waals surface area contributed by atoms with E-state index in [1.807, 2.05) is 0 Å². The number of furan rings is 1. The second kappa shape index (κ2) is 5.14. The van der Waals surface area contributed by atoms with Gasteiger partial charge in [-0.25, -0.2) is 0 Å². The predicted molar refractivity (Wildman–Crippen MR) is 53.0 cm³/mol. The Labute approximate surface area is 83.9 Å². The smallest absolute Gasteiger partial charge is 0.102 e. The Balaban J connectivity index is 2.35. The summed E-state index contributed by atoms with van der Waals surface area (Å²) < 4.78 is 9.80. The molecule has 0 fully saturated rings. The van der Waals surface area contributed by atoms with Gasteiger partial charge >= 0.3 is 0 Å². The largest absolute Gasteiger partial charge is 0.472 e. The topological polar surface area (TPSA) is 54.6 Å². The molecule has 0 radical (unpaired) electrons. The Bertz CT molecular complexity index is 244. The van der Waals surface area contributed by atoms with Crippen molar-refractivity contribution in [3.63, 3.8) is 0 Å². The van der Waals surface area contributed by atoms with Crippen LogP contribution in [0, 0.1) is 0 Å². The molecule has 0 spiro atoms. The first-order valence-corrected chi connectivity index (χ1v) is 4.61. The minimum absolute atomic E-state index is 0.482. The van der Waals surface area contributed by atoms with Crippen molar-refractivity contribution < 1.29 is 14.3 Å². The molecule has 80 valence electrons. The Morgan fingerprint density at radius 1 is 1.64 bits per heavy atom. The van der Waals surface area contributed by atoms with E-state index in [4.69, 9.17) is 9.15 Å². The monoisotopic (exact) mass is 199 g/mol. The van der Waals surface area contributed by atoms with E-state index in [0.717, 1.165) is 12.1 Å². The molecule has 1 aromatic heterocycles. The van der Waals surface area contributed by atoms with Crippen LogP contribution in [0.4, 0.5) is 0 Å². The summed E-state index contributed by atoms with van der Waals surface area (Å²) in [7, 11) is 1.65. The molecule has 4 nitrogen and oxygen atoms in total. The number of hydrogen-bond acceptors (Lipinski definition) is 4. The van der Waals surface area contributed by atoms with Crippen molar-refractivity contribution in [3.8, 4) is 0 Å². The quantitative estimate of drug-likeness (QED) is 0.663. The van der Waals surface area contributed by atoms with Gasteiger partial charge in [-0.2, -0.15) is 0 Å². The van der Waals surface area contributed by atoms with Gasteiger partial charge in [0, 0.05) is 25.8 Å². The minimum atomic E-state index is -0.888. The van der Waals surface area contributed by atoms with Crippen LogP contribution in [0.25, 0.3) is 0 Å². The fourth-order valence-corrected chi connectivity index (χ4v) is 1.18. The summed E-state index contributed by atoms with van der Waals surface area (Å²) in [5.41, 5.74) is -0.108. The van der Waals surface area contributed by atoms with Crippen LogP contribution < -0.4 is 5.32 Å². The SMILES string of the molecule is COCCNCC(C)(O)c1ccoc1. The first-order chi connectivity index (χ1) is 6.67. The lowest BCUT2D eigenvalue weighted by atomic mass is 9.99. The van der Waals surface area contributed by atoms with Crippen LogP contribution in [0.2, 0.25) is 0 Å². The summed E-state index contributed by atoms with van der Waals surface area (Å²) in [6.07, 6.45) is 3.11. The molecule has 0 aliphatic heterocycles. The molecule has 14 heavy (non-hydrogen) atoms. The first-order valence-electron chi connectivity index (χ1n) is 4.61. The molecule has 0 bridgehead atoms. The van der Waals surface area contributed by atoms with Gasteiger partial charge in [0.25, 0.3) is 0 Å². The van der Waals surface area contributed by atoms with E-state index in [1.165, 1.54) is 0 Å². The van der Waals surface area contributed by atoms with Crippen LogP contribution in [-0.4, -0.2) is 31.9 Å². The molecule has 1 heterocycles. The van der Waals surface area contributed by atoms with E-state index in [-0.39, 0.29) is 0 Å². The van der Waals surface area contributed by atoms with Crippen molar-refractivity contribution in [1.29, 1.82) is 0 Å². The van der Waals surface area contributed by atoms with E-state index in [1.54, 1.807) is 32.6 Å². The second-order valence-electron chi connectivity index (χ2n) is 3.46. The predicted octanol–water partition coefficient (Wildman–Crippen LogP) is 0.723. The molecule has 2 N–H and O–H groups in total. The Hall–Kier alpha value is -0.840. The lowest BCUT2D eigenvalue weighted by Gasteiger charge is -2.22. The molecule has 0 saturated heterocycles. The van der Waals surface area contributed by atoms with Crippen LogP contribution in [0.5, 0.6) is 0 Å². The zero-order chi connectivity index (χ0) is 10.4. The van der Waals surface area contributed by atoms with Crippen LogP contribution in [0.3, 0.4) is 0 Å². The summed E-state index contributed by atoms with van der Waals surface area (Å²) in [4.78, 5) is 0. The van der Waals surface area contributed by atoms with Crippen molar-refractivity contribution >= 4 is 0 Å². The Morgan fingerprint density at radius 2 is 2.43 bits per heavy atom. The highest BCUT2D eigenvalue weighted by Crippen LogP contribution is 2.19. The number of methoxy groups -OCH3 is 1. The fourth-order valence-electron chi connectivity index (χ4n) is 1.18. The van der Waals surface area contributed by atoms with Gasteiger partial charge < -0.3 is 19.6 Å². The van der Waals surface area contributed by atoms with Gasteiger partial charge in [0.15, 0.2) is 0 Å². The summed E-state index contributed by atoms with van der Waals surface area (Å²) in [5, 5.41) is 13.1. The Morgan fingerprint density at radius 3 is 3.00 bits per heavy atom. The van der Waals surface area contributed by atoms with E-state index >= 15 is 0 Å². The highest BCUT2D eigenvalue weighted by atomic mass is 16.5.